The highest BCUT2D eigenvalue weighted by Gasteiger charge is 2.16. The first-order chi connectivity index (χ1) is 14.1. The summed E-state index contributed by atoms with van der Waals surface area (Å²) in [5, 5.41) is 12.1. The standard InChI is InChI=1S/C23H28N2O5/c1-6-29-19-13-16(12-15(2)22(27)28)10-11-17(19)18-8-7-9-20(25-18)24-14-21(26)30-23(3,4)5/h7-13H,6,14H2,1-5H3,(H,24,25)(H,27,28)/b15-12+. The largest absolute Gasteiger partial charge is 0.493 e. The van der Waals surface area contributed by atoms with Gasteiger partial charge in [0.1, 0.15) is 23.7 Å². The molecular formula is C23H28N2O5. The van der Waals surface area contributed by atoms with E-state index in [1.165, 1.54) is 6.92 Å². The summed E-state index contributed by atoms with van der Waals surface area (Å²) >= 11 is 0. The summed E-state index contributed by atoms with van der Waals surface area (Å²) in [4.78, 5) is 27.6. The van der Waals surface area contributed by atoms with Crippen LogP contribution in [0.1, 0.15) is 40.2 Å². The Kier molecular flexibility index (Phi) is 7.58. The number of pyridine rings is 1. The summed E-state index contributed by atoms with van der Waals surface area (Å²) < 4.78 is 11.0. The van der Waals surface area contributed by atoms with Gasteiger partial charge in [-0.25, -0.2) is 9.78 Å². The monoisotopic (exact) mass is 412 g/mol. The van der Waals surface area contributed by atoms with Gasteiger partial charge in [0.05, 0.1) is 12.3 Å². The molecule has 1 aromatic carbocycles. The summed E-state index contributed by atoms with van der Waals surface area (Å²) in [5.74, 6) is -0.204. The number of rotatable bonds is 8. The molecule has 0 spiro atoms. The SMILES string of the molecule is CCOc1cc(/C=C(\C)C(=O)O)ccc1-c1cccc(NCC(=O)OC(C)(C)C)n1. The van der Waals surface area contributed by atoms with Crippen LogP contribution in [0.5, 0.6) is 5.75 Å². The minimum absolute atomic E-state index is 0.00420. The Bertz CT molecular complexity index is 945. The number of carbonyl (C=O) groups excluding carboxylic acids is 1. The summed E-state index contributed by atoms with van der Waals surface area (Å²) in [7, 11) is 0. The van der Waals surface area contributed by atoms with E-state index >= 15 is 0 Å². The van der Waals surface area contributed by atoms with Crippen LogP contribution in [0.3, 0.4) is 0 Å². The van der Waals surface area contributed by atoms with Crippen molar-refractivity contribution >= 4 is 23.8 Å². The highest BCUT2D eigenvalue weighted by molar-refractivity contribution is 5.91. The molecule has 0 aliphatic rings. The molecule has 0 saturated carbocycles. The molecule has 2 rings (SSSR count). The van der Waals surface area contributed by atoms with Crippen LogP contribution in [0.4, 0.5) is 5.82 Å². The number of benzene rings is 1. The molecule has 2 aromatic rings. The molecule has 30 heavy (non-hydrogen) atoms. The van der Waals surface area contributed by atoms with Crippen molar-refractivity contribution in [3.8, 4) is 17.0 Å². The highest BCUT2D eigenvalue weighted by Crippen LogP contribution is 2.31. The first kappa shape index (κ1) is 22.9. The Morgan fingerprint density at radius 3 is 2.57 bits per heavy atom. The number of ether oxygens (including phenoxy) is 2. The quantitative estimate of drug-likeness (QED) is 0.490. The van der Waals surface area contributed by atoms with Crippen molar-refractivity contribution in [1.82, 2.24) is 4.98 Å². The fourth-order valence-electron chi connectivity index (χ4n) is 2.65. The fraction of sp³-hybridized carbons (Fsp3) is 0.348. The zero-order valence-corrected chi connectivity index (χ0v) is 18.0. The molecule has 0 aliphatic heterocycles. The number of aromatic nitrogens is 1. The summed E-state index contributed by atoms with van der Waals surface area (Å²) in [6.07, 6.45) is 1.58. The molecule has 7 heteroatoms. The third-order valence-electron chi connectivity index (χ3n) is 3.88. The van der Waals surface area contributed by atoms with Crippen LogP contribution in [0.25, 0.3) is 17.3 Å². The second kappa shape index (κ2) is 9.91. The average molecular weight is 412 g/mol. The number of esters is 1. The zero-order valence-electron chi connectivity index (χ0n) is 18.0. The minimum Gasteiger partial charge on any atom is -0.493 e. The van der Waals surface area contributed by atoms with Crippen molar-refractivity contribution in [1.29, 1.82) is 0 Å². The van der Waals surface area contributed by atoms with Gasteiger partial charge in [0.15, 0.2) is 0 Å². The van der Waals surface area contributed by atoms with E-state index in [1.54, 1.807) is 18.2 Å². The molecule has 0 atom stereocenters. The van der Waals surface area contributed by atoms with E-state index < -0.39 is 11.6 Å². The van der Waals surface area contributed by atoms with Crippen molar-refractivity contribution in [3.63, 3.8) is 0 Å². The lowest BCUT2D eigenvalue weighted by Crippen LogP contribution is -2.28. The van der Waals surface area contributed by atoms with Gasteiger partial charge in [0.25, 0.3) is 0 Å². The van der Waals surface area contributed by atoms with Crippen molar-refractivity contribution in [2.75, 3.05) is 18.5 Å². The van der Waals surface area contributed by atoms with Crippen molar-refractivity contribution < 1.29 is 24.2 Å². The van der Waals surface area contributed by atoms with Gasteiger partial charge in [-0.1, -0.05) is 12.1 Å². The first-order valence-electron chi connectivity index (χ1n) is 9.70. The van der Waals surface area contributed by atoms with Gasteiger partial charge in [0, 0.05) is 11.1 Å². The van der Waals surface area contributed by atoms with Gasteiger partial charge in [-0.2, -0.15) is 0 Å². The maximum absolute atomic E-state index is 11.9. The molecule has 160 valence electrons. The van der Waals surface area contributed by atoms with Gasteiger partial charge in [0.2, 0.25) is 0 Å². The van der Waals surface area contributed by atoms with Gasteiger partial charge in [-0.15, -0.1) is 0 Å². The fourth-order valence-corrected chi connectivity index (χ4v) is 2.65. The predicted molar refractivity (Wildman–Crippen MR) is 116 cm³/mol. The van der Waals surface area contributed by atoms with Crippen LogP contribution in [0, 0.1) is 0 Å². The van der Waals surface area contributed by atoms with Crippen LogP contribution >= 0.6 is 0 Å². The summed E-state index contributed by atoms with van der Waals surface area (Å²) in [6, 6.07) is 10.9. The van der Waals surface area contributed by atoms with Crippen molar-refractivity contribution in [2.45, 2.75) is 40.2 Å². The maximum Gasteiger partial charge on any atom is 0.331 e. The molecular weight excluding hydrogens is 384 g/mol. The number of nitrogens with one attached hydrogen (secondary N) is 1. The molecule has 1 aromatic heterocycles. The van der Waals surface area contributed by atoms with E-state index in [2.05, 4.69) is 10.3 Å². The lowest BCUT2D eigenvalue weighted by molar-refractivity contribution is -0.152. The third kappa shape index (κ3) is 6.92. The summed E-state index contributed by atoms with van der Waals surface area (Å²) in [5.41, 5.74) is 1.84. The second-order valence-electron chi connectivity index (χ2n) is 7.67. The number of nitrogens with zero attached hydrogens (tertiary/aromatic N) is 1. The Hall–Kier alpha value is -3.35. The van der Waals surface area contributed by atoms with Crippen molar-refractivity contribution in [3.05, 3.63) is 47.5 Å². The maximum atomic E-state index is 11.9. The number of carboxylic acid groups (broad SMARTS) is 1. The summed E-state index contributed by atoms with van der Waals surface area (Å²) in [6.45, 7) is 9.32. The number of anilines is 1. The number of carboxylic acids is 1. The van der Waals surface area contributed by atoms with E-state index in [0.29, 0.717) is 23.9 Å². The van der Waals surface area contributed by atoms with E-state index in [4.69, 9.17) is 14.6 Å². The lowest BCUT2D eigenvalue weighted by atomic mass is 10.0. The van der Waals surface area contributed by atoms with E-state index in [-0.39, 0.29) is 18.1 Å². The molecule has 7 nitrogen and oxygen atoms in total. The van der Waals surface area contributed by atoms with Crippen LogP contribution in [-0.2, 0) is 14.3 Å². The molecule has 0 amide bonds. The van der Waals surface area contributed by atoms with E-state index in [1.807, 2.05) is 52.0 Å². The Morgan fingerprint density at radius 2 is 1.93 bits per heavy atom. The molecule has 0 aliphatic carbocycles. The highest BCUT2D eigenvalue weighted by atomic mass is 16.6. The third-order valence-corrected chi connectivity index (χ3v) is 3.88. The van der Waals surface area contributed by atoms with Crippen LogP contribution in [-0.4, -0.2) is 40.8 Å². The van der Waals surface area contributed by atoms with E-state index in [9.17, 15) is 9.59 Å². The zero-order chi connectivity index (χ0) is 22.3. The molecule has 0 saturated heterocycles. The van der Waals surface area contributed by atoms with Crippen LogP contribution < -0.4 is 10.1 Å². The van der Waals surface area contributed by atoms with Gasteiger partial charge < -0.3 is 19.9 Å². The Labute approximate surface area is 176 Å². The Morgan fingerprint density at radius 1 is 1.20 bits per heavy atom. The van der Waals surface area contributed by atoms with Gasteiger partial charge >= 0.3 is 11.9 Å². The normalized spacial score (nSPS) is 11.7. The Balaban J connectivity index is 2.26. The number of carbonyl (C=O) groups is 2. The smallest absolute Gasteiger partial charge is 0.331 e. The molecule has 2 N–H and O–H groups in total. The predicted octanol–water partition coefficient (Wildman–Crippen LogP) is 4.39. The van der Waals surface area contributed by atoms with Crippen molar-refractivity contribution in [2.24, 2.45) is 0 Å². The number of hydrogen-bond donors (Lipinski definition) is 2. The molecule has 0 unspecified atom stereocenters. The lowest BCUT2D eigenvalue weighted by Gasteiger charge is -2.19. The second-order valence-corrected chi connectivity index (χ2v) is 7.67. The molecule has 0 radical (unpaired) electrons. The minimum atomic E-state index is -0.970. The van der Waals surface area contributed by atoms with Crippen LogP contribution in [0.15, 0.2) is 42.0 Å². The van der Waals surface area contributed by atoms with E-state index in [0.717, 1.165) is 11.1 Å². The average Bonchev–Trinajstić information content (AvgIpc) is 2.66. The molecule has 0 fully saturated rings. The van der Waals surface area contributed by atoms with Gasteiger partial charge in [-0.05, 0) is 70.5 Å². The number of hydrogen-bond acceptors (Lipinski definition) is 6. The van der Waals surface area contributed by atoms with Gasteiger partial charge in [-0.3, -0.25) is 4.79 Å². The molecule has 1 heterocycles. The topological polar surface area (TPSA) is 97.8 Å². The first-order valence-corrected chi connectivity index (χ1v) is 9.70. The van der Waals surface area contributed by atoms with Crippen LogP contribution in [0.2, 0.25) is 0 Å². The number of aliphatic carboxylic acids is 1. The molecule has 0 bridgehead atoms.